The van der Waals surface area contributed by atoms with E-state index in [-0.39, 0.29) is 12.1 Å². The third-order valence-corrected chi connectivity index (χ3v) is 1.97. The van der Waals surface area contributed by atoms with E-state index in [2.05, 4.69) is 11.7 Å². The predicted molar refractivity (Wildman–Crippen MR) is 50.6 cm³/mol. The van der Waals surface area contributed by atoms with Crippen molar-refractivity contribution in [2.24, 2.45) is 5.84 Å². The summed E-state index contributed by atoms with van der Waals surface area (Å²) in [5.74, 6) is 6.29. The van der Waals surface area contributed by atoms with E-state index in [1.165, 1.54) is 0 Å². The van der Waals surface area contributed by atoms with Gasteiger partial charge in [-0.2, -0.15) is 11.8 Å². The molecule has 0 aromatic heterocycles. The SMILES string of the molecule is CSCC(COC(C)C)NN. The Hall–Kier alpha value is 0.230. The van der Waals surface area contributed by atoms with E-state index in [4.69, 9.17) is 10.6 Å². The van der Waals surface area contributed by atoms with Gasteiger partial charge in [-0.1, -0.05) is 0 Å². The minimum absolute atomic E-state index is 0.271. The van der Waals surface area contributed by atoms with Crippen molar-refractivity contribution in [2.75, 3.05) is 18.6 Å². The second-order valence-electron chi connectivity index (χ2n) is 2.70. The first-order chi connectivity index (χ1) is 5.20. The first-order valence-corrected chi connectivity index (χ1v) is 5.16. The Morgan fingerprint density at radius 2 is 2.18 bits per heavy atom. The van der Waals surface area contributed by atoms with Gasteiger partial charge in [0.2, 0.25) is 0 Å². The average Bonchev–Trinajstić information content (AvgIpc) is 1.97. The summed E-state index contributed by atoms with van der Waals surface area (Å²) in [6, 6.07) is 0.271. The molecule has 3 N–H and O–H groups in total. The maximum Gasteiger partial charge on any atom is 0.0644 e. The molecule has 0 saturated heterocycles. The maximum absolute atomic E-state index is 5.39. The van der Waals surface area contributed by atoms with Crippen LogP contribution in [0.25, 0.3) is 0 Å². The largest absolute Gasteiger partial charge is 0.377 e. The second kappa shape index (κ2) is 6.91. The fraction of sp³-hybridized carbons (Fsp3) is 1.00. The van der Waals surface area contributed by atoms with Crippen LogP contribution in [0.3, 0.4) is 0 Å². The van der Waals surface area contributed by atoms with E-state index in [1.54, 1.807) is 11.8 Å². The standard InChI is InChI=1S/C7H18N2OS/c1-6(2)10-4-7(9-8)5-11-3/h6-7,9H,4-5,8H2,1-3H3. The normalized spacial score (nSPS) is 13.9. The van der Waals surface area contributed by atoms with Gasteiger partial charge < -0.3 is 4.74 Å². The molecule has 0 fully saturated rings. The summed E-state index contributed by atoms with van der Waals surface area (Å²) in [5, 5.41) is 0. The molecule has 3 nitrogen and oxygen atoms in total. The number of ether oxygens (including phenoxy) is 1. The van der Waals surface area contributed by atoms with E-state index in [0.717, 1.165) is 5.75 Å². The topological polar surface area (TPSA) is 47.3 Å². The second-order valence-corrected chi connectivity index (χ2v) is 3.61. The molecule has 68 valence electrons. The van der Waals surface area contributed by atoms with Crippen molar-refractivity contribution in [2.45, 2.75) is 26.0 Å². The summed E-state index contributed by atoms with van der Waals surface area (Å²) in [5.41, 5.74) is 2.71. The molecule has 0 saturated carbocycles. The van der Waals surface area contributed by atoms with E-state index < -0.39 is 0 Å². The van der Waals surface area contributed by atoms with Crippen molar-refractivity contribution in [3.63, 3.8) is 0 Å². The molecule has 0 spiro atoms. The Bertz CT molecular complexity index is 90.5. The van der Waals surface area contributed by atoms with E-state index in [0.29, 0.717) is 6.61 Å². The third-order valence-electron chi connectivity index (χ3n) is 1.23. The van der Waals surface area contributed by atoms with Crippen molar-refractivity contribution >= 4 is 11.8 Å². The van der Waals surface area contributed by atoms with Gasteiger partial charge in [-0.15, -0.1) is 0 Å². The monoisotopic (exact) mass is 178 g/mol. The van der Waals surface area contributed by atoms with Crippen molar-refractivity contribution in [3.05, 3.63) is 0 Å². The van der Waals surface area contributed by atoms with Gasteiger partial charge in [-0.3, -0.25) is 11.3 Å². The zero-order chi connectivity index (χ0) is 8.69. The van der Waals surface area contributed by atoms with Crippen LogP contribution in [0.5, 0.6) is 0 Å². The molecule has 0 aliphatic heterocycles. The molecule has 0 bridgehead atoms. The number of hydrazine groups is 1. The van der Waals surface area contributed by atoms with Crippen molar-refractivity contribution in [1.29, 1.82) is 0 Å². The highest BCUT2D eigenvalue weighted by molar-refractivity contribution is 7.98. The Labute approximate surface area is 73.0 Å². The van der Waals surface area contributed by atoms with Gasteiger partial charge in [0, 0.05) is 5.75 Å². The minimum atomic E-state index is 0.271. The molecule has 1 atom stereocenters. The molecule has 0 aromatic rings. The van der Waals surface area contributed by atoms with Crippen molar-refractivity contribution in [3.8, 4) is 0 Å². The van der Waals surface area contributed by atoms with Crippen LogP contribution < -0.4 is 11.3 Å². The number of nitrogens with one attached hydrogen (secondary N) is 1. The van der Waals surface area contributed by atoms with Gasteiger partial charge in [-0.05, 0) is 20.1 Å². The van der Waals surface area contributed by atoms with Crippen LogP contribution >= 0.6 is 11.8 Å². The van der Waals surface area contributed by atoms with E-state index in [9.17, 15) is 0 Å². The Balaban J connectivity index is 3.35. The summed E-state index contributed by atoms with van der Waals surface area (Å²) in [6.45, 7) is 4.73. The quantitative estimate of drug-likeness (QED) is 0.462. The molecule has 0 rings (SSSR count). The Morgan fingerprint density at radius 3 is 2.55 bits per heavy atom. The highest BCUT2D eigenvalue weighted by Gasteiger charge is 2.05. The number of hydrogen-bond acceptors (Lipinski definition) is 4. The van der Waals surface area contributed by atoms with Gasteiger partial charge in [0.15, 0.2) is 0 Å². The first-order valence-electron chi connectivity index (χ1n) is 3.77. The van der Waals surface area contributed by atoms with Crippen LogP contribution in [-0.2, 0) is 4.74 Å². The molecule has 0 aromatic carbocycles. The zero-order valence-electron chi connectivity index (χ0n) is 7.46. The number of nitrogens with two attached hydrogens (primary N) is 1. The molecule has 0 heterocycles. The summed E-state index contributed by atoms with van der Waals surface area (Å²) in [6.07, 6.45) is 2.34. The third kappa shape index (κ3) is 6.62. The number of hydrogen-bond donors (Lipinski definition) is 2. The van der Waals surface area contributed by atoms with E-state index in [1.807, 2.05) is 13.8 Å². The smallest absolute Gasteiger partial charge is 0.0644 e. The lowest BCUT2D eigenvalue weighted by atomic mass is 10.4. The van der Waals surface area contributed by atoms with Crippen molar-refractivity contribution < 1.29 is 4.74 Å². The van der Waals surface area contributed by atoms with Gasteiger partial charge in [-0.25, -0.2) is 0 Å². The van der Waals surface area contributed by atoms with Crippen LogP contribution in [0, 0.1) is 0 Å². The molecule has 0 aliphatic carbocycles. The molecular formula is C7H18N2OS. The average molecular weight is 178 g/mol. The minimum Gasteiger partial charge on any atom is -0.377 e. The molecule has 1 unspecified atom stereocenters. The van der Waals surface area contributed by atoms with Gasteiger partial charge in [0.25, 0.3) is 0 Å². The Kier molecular flexibility index (Phi) is 7.06. The summed E-state index contributed by atoms with van der Waals surface area (Å²) < 4.78 is 5.39. The molecular weight excluding hydrogens is 160 g/mol. The summed E-state index contributed by atoms with van der Waals surface area (Å²) in [7, 11) is 0. The fourth-order valence-corrected chi connectivity index (χ4v) is 1.25. The van der Waals surface area contributed by atoms with Crippen LogP contribution in [0.2, 0.25) is 0 Å². The van der Waals surface area contributed by atoms with Gasteiger partial charge >= 0.3 is 0 Å². The van der Waals surface area contributed by atoms with Gasteiger partial charge in [0.05, 0.1) is 18.8 Å². The zero-order valence-corrected chi connectivity index (χ0v) is 8.28. The number of thioether (sulfide) groups is 1. The molecule has 4 heteroatoms. The van der Waals surface area contributed by atoms with Crippen LogP contribution in [0.4, 0.5) is 0 Å². The summed E-state index contributed by atoms with van der Waals surface area (Å²) >= 11 is 1.76. The lowest BCUT2D eigenvalue weighted by molar-refractivity contribution is 0.0655. The number of rotatable bonds is 6. The first kappa shape index (κ1) is 11.2. The molecule has 0 radical (unpaired) electrons. The van der Waals surface area contributed by atoms with Crippen LogP contribution in [0.1, 0.15) is 13.8 Å². The Morgan fingerprint density at radius 1 is 1.55 bits per heavy atom. The lowest BCUT2D eigenvalue weighted by Gasteiger charge is -2.16. The van der Waals surface area contributed by atoms with Gasteiger partial charge in [0.1, 0.15) is 0 Å². The van der Waals surface area contributed by atoms with E-state index >= 15 is 0 Å². The van der Waals surface area contributed by atoms with Crippen LogP contribution in [0.15, 0.2) is 0 Å². The highest BCUT2D eigenvalue weighted by Crippen LogP contribution is 1.98. The maximum atomic E-state index is 5.39. The molecule has 0 aliphatic rings. The predicted octanol–water partition coefficient (Wildman–Crippen LogP) is 0.606. The fourth-order valence-electron chi connectivity index (χ4n) is 0.654. The van der Waals surface area contributed by atoms with Crippen molar-refractivity contribution in [1.82, 2.24) is 5.43 Å². The summed E-state index contributed by atoms with van der Waals surface area (Å²) in [4.78, 5) is 0. The highest BCUT2D eigenvalue weighted by atomic mass is 32.2. The lowest BCUT2D eigenvalue weighted by Crippen LogP contribution is -2.41. The molecule has 0 amide bonds. The molecule has 11 heavy (non-hydrogen) atoms. The van der Waals surface area contributed by atoms with Crippen LogP contribution in [-0.4, -0.2) is 30.8 Å².